The molecule has 2 aliphatic rings. The zero-order chi connectivity index (χ0) is 22.1. The first-order chi connectivity index (χ1) is 15.6. The summed E-state index contributed by atoms with van der Waals surface area (Å²) in [5.74, 6) is 2.31. The van der Waals surface area contributed by atoms with Crippen LogP contribution in [0.25, 0.3) is 11.0 Å². The third-order valence-electron chi connectivity index (χ3n) is 6.15. The highest BCUT2D eigenvalue weighted by molar-refractivity contribution is 5.82. The molecule has 1 aliphatic heterocycles. The van der Waals surface area contributed by atoms with E-state index in [2.05, 4.69) is 32.2 Å². The van der Waals surface area contributed by atoms with E-state index in [0.717, 1.165) is 41.8 Å². The second-order valence-corrected chi connectivity index (χ2v) is 8.55. The summed E-state index contributed by atoms with van der Waals surface area (Å²) in [6, 6.07) is 7.85. The highest BCUT2D eigenvalue weighted by atomic mass is 16.5. The molecule has 1 amide bonds. The average Bonchev–Trinajstić information content (AvgIpc) is 3.52. The summed E-state index contributed by atoms with van der Waals surface area (Å²) in [5, 5.41) is 4.14. The lowest BCUT2D eigenvalue weighted by Crippen LogP contribution is -2.46. The van der Waals surface area contributed by atoms with Gasteiger partial charge in [0.25, 0.3) is 0 Å². The van der Waals surface area contributed by atoms with Gasteiger partial charge in [0.2, 0.25) is 18.2 Å². The number of fused-ring (bicyclic) bond motifs is 1. The van der Waals surface area contributed by atoms with Gasteiger partial charge < -0.3 is 29.6 Å². The molecule has 32 heavy (non-hydrogen) atoms. The number of carbonyl (C=O) groups is 1. The highest BCUT2D eigenvalue weighted by Gasteiger charge is 2.26. The quantitative estimate of drug-likeness (QED) is 0.524. The Morgan fingerprint density at radius 2 is 2.12 bits per heavy atom. The number of aromatic amines is 1. The molecule has 0 spiro atoms. The minimum absolute atomic E-state index is 0.0110. The van der Waals surface area contributed by atoms with Gasteiger partial charge in [0, 0.05) is 25.8 Å². The number of hydrogen-bond donors (Lipinski definition) is 2. The number of ether oxygens (including phenoxy) is 2. The second-order valence-electron chi connectivity index (χ2n) is 8.55. The van der Waals surface area contributed by atoms with Gasteiger partial charge in [0.15, 0.2) is 0 Å². The van der Waals surface area contributed by atoms with E-state index in [4.69, 9.17) is 9.47 Å². The smallest absolute Gasteiger partial charge is 0.232 e. The third-order valence-corrected chi connectivity index (χ3v) is 6.15. The predicted octanol–water partition coefficient (Wildman–Crippen LogP) is 2.94. The molecule has 5 rings (SSSR count). The minimum atomic E-state index is -0.0110. The monoisotopic (exact) mass is 436 g/mol. The predicted molar refractivity (Wildman–Crippen MR) is 121 cm³/mol. The normalized spacial score (nSPS) is 19.2. The van der Waals surface area contributed by atoms with E-state index < -0.39 is 0 Å². The highest BCUT2D eigenvalue weighted by Crippen LogP contribution is 2.34. The summed E-state index contributed by atoms with van der Waals surface area (Å²) in [6.07, 6.45) is 5.20. The van der Waals surface area contributed by atoms with Crippen LogP contribution >= 0.6 is 0 Å². The first-order valence-corrected chi connectivity index (χ1v) is 11.0. The Bertz CT molecular complexity index is 1110. The standard InChI is InChI=1S/C23H28N6O3/c1-28-9-10-29(14-30)19(12-28)16-5-6-18(20(11-16)31-2)25-23-26-21-17(7-8-24-21)22(27-23)32-13-15-3-4-15/h5-8,11,14-15,19H,3-4,9-10,12-13H2,1-2H3,(H2,24,25,26,27). The molecule has 0 bridgehead atoms. The zero-order valence-corrected chi connectivity index (χ0v) is 18.4. The van der Waals surface area contributed by atoms with Gasteiger partial charge in [-0.3, -0.25) is 4.79 Å². The van der Waals surface area contributed by atoms with Gasteiger partial charge in [-0.1, -0.05) is 6.07 Å². The molecule has 2 N–H and O–H groups in total. The van der Waals surface area contributed by atoms with Gasteiger partial charge in [0.05, 0.1) is 30.8 Å². The van der Waals surface area contributed by atoms with E-state index in [1.807, 2.05) is 35.4 Å². The summed E-state index contributed by atoms with van der Waals surface area (Å²) < 4.78 is 11.6. The molecule has 1 unspecified atom stereocenters. The number of rotatable bonds is 8. The van der Waals surface area contributed by atoms with Crippen molar-refractivity contribution in [3.8, 4) is 11.6 Å². The summed E-state index contributed by atoms with van der Waals surface area (Å²) in [5.41, 5.74) is 2.49. The molecule has 1 aliphatic carbocycles. The van der Waals surface area contributed by atoms with Crippen LogP contribution in [0.2, 0.25) is 0 Å². The number of anilines is 2. The molecule has 1 saturated carbocycles. The van der Waals surface area contributed by atoms with Crippen molar-refractivity contribution in [1.82, 2.24) is 24.8 Å². The van der Waals surface area contributed by atoms with Gasteiger partial charge >= 0.3 is 0 Å². The molecule has 3 aromatic rings. The zero-order valence-electron chi connectivity index (χ0n) is 18.4. The topological polar surface area (TPSA) is 95.6 Å². The van der Waals surface area contributed by atoms with Gasteiger partial charge in [-0.2, -0.15) is 9.97 Å². The van der Waals surface area contributed by atoms with Crippen molar-refractivity contribution in [1.29, 1.82) is 0 Å². The summed E-state index contributed by atoms with van der Waals surface area (Å²) in [7, 11) is 3.70. The maximum absolute atomic E-state index is 11.6. The van der Waals surface area contributed by atoms with Crippen LogP contribution in [0.5, 0.6) is 11.6 Å². The van der Waals surface area contributed by atoms with E-state index >= 15 is 0 Å². The lowest BCUT2D eigenvalue weighted by Gasteiger charge is -2.38. The SMILES string of the molecule is COc1cc(C2CN(C)CCN2C=O)ccc1Nc1nc(OCC2CC2)c2cc[nH]c2n1. The molecular weight excluding hydrogens is 408 g/mol. The number of aromatic nitrogens is 3. The van der Waals surface area contributed by atoms with Crippen molar-refractivity contribution >= 4 is 29.1 Å². The lowest BCUT2D eigenvalue weighted by molar-refractivity contribution is -0.122. The van der Waals surface area contributed by atoms with Crippen LogP contribution < -0.4 is 14.8 Å². The van der Waals surface area contributed by atoms with Crippen LogP contribution in [-0.2, 0) is 4.79 Å². The number of piperazine rings is 1. The Kier molecular flexibility index (Phi) is 5.57. The Hall–Kier alpha value is -3.33. The van der Waals surface area contributed by atoms with Gasteiger partial charge in [-0.25, -0.2) is 0 Å². The van der Waals surface area contributed by atoms with Crippen LogP contribution in [0.1, 0.15) is 24.4 Å². The Balaban J connectivity index is 1.41. The summed E-state index contributed by atoms with van der Waals surface area (Å²) in [6.45, 7) is 3.04. The number of methoxy groups -OCH3 is 1. The summed E-state index contributed by atoms with van der Waals surface area (Å²) >= 11 is 0. The molecular formula is C23H28N6O3. The second kappa shape index (κ2) is 8.66. The number of nitrogens with zero attached hydrogens (tertiary/aromatic N) is 4. The van der Waals surface area contributed by atoms with Crippen molar-refractivity contribution in [3.63, 3.8) is 0 Å². The Morgan fingerprint density at radius 3 is 2.91 bits per heavy atom. The number of nitrogens with one attached hydrogen (secondary N) is 2. The lowest BCUT2D eigenvalue weighted by atomic mass is 10.0. The molecule has 2 fully saturated rings. The van der Waals surface area contributed by atoms with Crippen molar-refractivity contribution in [2.75, 3.05) is 45.7 Å². The van der Waals surface area contributed by atoms with Crippen molar-refractivity contribution in [3.05, 3.63) is 36.0 Å². The molecule has 9 nitrogen and oxygen atoms in total. The number of H-pyrrole nitrogens is 1. The van der Waals surface area contributed by atoms with E-state index in [0.29, 0.717) is 36.6 Å². The third kappa shape index (κ3) is 4.20. The number of likely N-dealkylation sites (N-methyl/N-ethyl adjacent to an activating group) is 1. The average molecular weight is 437 g/mol. The van der Waals surface area contributed by atoms with Crippen LogP contribution in [0, 0.1) is 5.92 Å². The molecule has 1 aromatic carbocycles. The van der Waals surface area contributed by atoms with Crippen LogP contribution in [-0.4, -0.2) is 71.6 Å². The number of amides is 1. The molecule has 1 atom stereocenters. The Labute approximate surface area is 186 Å². The van der Waals surface area contributed by atoms with Crippen LogP contribution in [0.4, 0.5) is 11.6 Å². The fraction of sp³-hybridized carbons (Fsp3) is 0.435. The van der Waals surface area contributed by atoms with Crippen LogP contribution in [0.3, 0.4) is 0 Å². The first kappa shape index (κ1) is 20.6. The van der Waals surface area contributed by atoms with E-state index in [9.17, 15) is 4.79 Å². The molecule has 3 heterocycles. The van der Waals surface area contributed by atoms with E-state index in [1.165, 1.54) is 12.8 Å². The van der Waals surface area contributed by atoms with E-state index in [1.54, 1.807) is 7.11 Å². The number of benzene rings is 1. The van der Waals surface area contributed by atoms with Crippen molar-refractivity contribution in [2.24, 2.45) is 5.92 Å². The molecule has 168 valence electrons. The molecule has 2 aromatic heterocycles. The molecule has 9 heteroatoms. The first-order valence-electron chi connectivity index (χ1n) is 11.0. The largest absolute Gasteiger partial charge is 0.495 e. The van der Waals surface area contributed by atoms with Gasteiger partial charge in [-0.05, 0) is 49.6 Å². The van der Waals surface area contributed by atoms with Crippen molar-refractivity contribution in [2.45, 2.75) is 18.9 Å². The fourth-order valence-corrected chi connectivity index (χ4v) is 4.06. The number of carbonyl (C=O) groups excluding carboxylic acids is 1. The molecule has 1 saturated heterocycles. The van der Waals surface area contributed by atoms with Crippen LogP contribution in [0.15, 0.2) is 30.5 Å². The number of hydrogen-bond acceptors (Lipinski definition) is 7. The maximum Gasteiger partial charge on any atom is 0.232 e. The van der Waals surface area contributed by atoms with Gasteiger partial charge in [0.1, 0.15) is 11.4 Å². The Morgan fingerprint density at radius 1 is 1.25 bits per heavy atom. The van der Waals surface area contributed by atoms with E-state index in [-0.39, 0.29) is 6.04 Å². The fourth-order valence-electron chi connectivity index (χ4n) is 4.06. The summed E-state index contributed by atoms with van der Waals surface area (Å²) in [4.78, 5) is 28.0. The van der Waals surface area contributed by atoms with Crippen molar-refractivity contribution < 1.29 is 14.3 Å². The maximum atomic E-state index is 11.6. The minimum Gasteiger partial charge on any atom is -0.495 e. The molecule has 0 radical (unpaired) electrons. The van der Waals surface area contributed by atoms with Gasteiger partial charge in [-0.15, -0.1) is 0 Å².